The number of anilines is 1. The number of imidazole rings is 1. The molecule has 1 N–H and O–H groups in total. The molecular weight excluding hydrogens is 431 g/mol. The van der Waals surface area contributed by atoms with Crippen molar-refractivity contribution in [1.29, 1.82) is 0 Å². The molecule has 1 aromatic carbocycles. The van der Waals surface area contributed by atoms with Crippen LogP contribution in [0.4, 0.5) is 18.9 Å². The lowest BCUT2D eigenvalue weighted by molar-refractivity contribution is -0.137. The first-order chi connectivity index (χ1) is 14.4. The molecule has 1 aliphatic rings. The number of nitrogens with zero attached hydrogens (tertiary/aromatic N) is 2. The molecule has 1 atom stereocenters. The number of amides is 1. The highest BCUT2D eigenvalue weighted by atomic mass is 32.2. The molecular formula is C21H26F3N3O3S. The van der Waals surface area contributed by atoms with E-state index in [1.165, 1.54) is 19.1 Å². The average molecular weight is 458 g/mol. The van der Waals surface area contributed by atoms with Crippen molar-refractivity contribution in [1.82, 2.24) is 9.55 Å². The molecule has 6 nitrogen and oxygen atoms in total. The predicted molar refractivity (Wildman–Crippen MR) is 111 cm³/mol. The predicted octanol–water partition coefficient (Wildman–Crippen LogP) is 4.82. The first-order valence-electron chi connectivity index (χ1n) is 10.2. The van der Waals surface area contributed by atoms with Gasteiger partial charge in [-0.25, -0.2) is 13.4 Å². The second-order valence-corrected chi connectivity index (χ2v) is 10.1. The third-order valence-corrected chi connectivity index (χ3v) is 7.82. The van der Waals surface area contributed by atoms with Gasteiger partial charge < -0.3 is 9.88 Å². The van der Waals surface area contributed by atoms with E-state index in [1.807, 2.05) is 0 Å². The lowest BCUT2D eigenvalue weighted by atomic mass is 9.95. The number of sulfone groups is 1. The lowest BCUT2D eigenvalue weighted by Crippen LogP contribution is -2.35. The first kappa shape index (κ1) is 23.3. The fourth-order valence-corrected chi connectivity index (χ4v) is 5.42. The number of hydrogen-bond donors (Lipinski definition) is 1. The fourth-order valence-electron chi connectivity index (χ4n) is 3.94. The Morgan fingerprint density at radius 3 is 2.39 bits per heavy atom. The maximum atomic E-state index is 13.3. The van der Waals surface area contributed by atoms with Crippen molar-refractivity contribution >= 4 is 21.4 Å². The number of aryl methyl sites for hydroxylation is 1. The summed E-state index contributed by atoms with van der Waals surface area (Å²) >= 11 is 0. The number of carbonyl (C=O) groups excluding carboxylic acids is 1. The van der Waals surface area contributed by atoms with Gasteiger partial charge in [-0.2, -0.15) is 13.2 Å². The Morgan fingerprint density at radius 2 is 1.77 bits per heavy atom. The molecule has 1 saturated carbocycles. The Labute approximate surface area is 179 Å². The number of alkyl halides is 3. The van der Waals surface area contributed by atoms with E-state index in [0.717, 1.165) is 49.9 Å². The summed E-state index contributed by atoms with van der Waals surface area (Å²) in [6, 6.07) is 4.44. The number of para-hydroxylation sites is 1. The van der Waals surface area contributed by atoms with Crippen LogP contribution in [-0.2, 0) is 20.8 Å². The van der Waals surface area contributed by atoms with Gasteiger partial charge in [0.25, 0.3) is 0 Å². The van der Waals surface area contributed by atoms with Crippen LogP contribution >= 0.6 is 0 Å². The van der Waals surface area contributed by atoms with Crippen molar-refractivity contribution in [2.24, 2.45) is 0 Å². The molecule has 0 saturated heterocycles. The van der Waals surface area contributed by atoms with Gasteiger partial charge in [0.2, 0.25) is 20.9 Å². The summed E-state index contributed by atoms with van der Waals surface area (Å²) in [6.07, 6.45) is -0.00620. The minimum Gasteiger partial charge on any atom is -0.324 e. The summed E-state index contributed by atoms with van der Waals surface area (Å²) in [5.74, 6) is -1.04. The Morgan fingerprint density at radius 1 is 1.16 bits per heavy atom. The van der Waals surface area contributed by atoms with Crippen molar-refractivity contribution in [3.8, 4) is 0 Å². The van der Waals surface area contributed by atoms with Crippen molar-refractivity contribution in [2.45, 2.75) is 75.5 Å². The van der Waals surface area contributed by atoms with Gasteiger partial charge in [0.15, 0.2) is 0 Å². The monoisotopic (exact) mass is 457 g/mol. The molecule has 0 unspecified atom stereocenters. The van der Waals surface area contributed by atoms with Crippen molar-refractivity contribution < 1.29 is 26.4 Å². The van der Waals surface area contributed by atoms with E-state index in [-0.39, 0.29) is 11.2 Å². The van der Waals surface area contributed by atoms with E-state index in [1.54, 1.807) is 18.4 Å². The molecule has 1 aliphatic carbocycles. The maximum absolute atomic E-state index is 13.3. The van der Waals surface area contributed by atoms with Gasteiger partial charge in [0, 0.05) is 11.7 Å². The summed E-state index contributed by atoms with van der Waals surface area (Å²) in [5, 5.41) is 0.331. The topological polar surface area (TPSA) is 81.1 Å². The molecule has 10 heteroatoms. The Balaban J connectivity index is 1.93. The molecule has 2 aromatic rings. The maximum Gasteiger partial charge on any atom is 0.418 e. The van der Waals surface area contributed by atoms with E-state index < -0.39 is 38.4 Å². The van der Waals surface area contributed by atoms with Crippen LogP contribution in [0.15, 0.2) is 29.4 Å². The smallest absolute Gasteiger partial charge is 0.324 e. The van der Waals surface area contributed by atoms with Crippen molar-refractivity contribution in [3.05, 3.63) is 41.2 Å². The van der Waals surface area contributed by atoms with Gasteiger partial charge in [0.1, 0.15) is 5.25 Å². The molecule has 0 spiro atoms. The fraction of sp³-hybridized carbons (Fsp3) is 0.524. The number of carbonyl (C=O) groups is 1. The van der Waals surface area contributed by atoms with Gasteiger partial charge in [0.05, 0.1) is 16.9 Å². The second kappa shape index (κ2) is 8.64. The van der Waals surface area contributed by atoms with Crippen LogP contribution in [0.3, 0.4) is 0 Å². The summed E-state index contributed by atoms with van der Waals surface area (Å²) in [4.78, 5) is 16.9. The molecule has 1 amide bonds. The highest BCUT2D eigenvalue weighted by molar-refractivity contribution is 7.92. The quantitative estimate of drug-likeness (QED) is 0.698. The third kappa shape index (κ3) is 4.63. The number of nitrogens with one attached hydrogen (secondary N) is 1. The van der Waals surface area contributed by atoms with Gasteiger partial charge in [-0.05, 0) is 45.7 Å². The van der Waals surface area contributed by atoms with E-state index in [2.05, 4.69) is 10.3 Å². The van der Waals surface area contributed by atoms with Crippen LogP contribution < -0.4 is 5.32 Å². The zero-order chi connectivity index (χ0) is 23.0. The average Bonchev–Trinajstić information content (AvgIpc) is 3.03. The third-order valence-electron chi connectivity index (χ3n) is 5.87. The number of benzene rings is 1. The number of hydrogen-bond acceptors (Lipinski definition) is 4. The Kier molecular flexibility index (Phi) is 6.50. The van der Waals surface area contributed by atoms with Gasteiger partial charge in [-0.15, -0.1) is 0 Å². The van der Waals surface area contributed by atoms with Crippen LogP contribution in [0.1, 0.15) is 62.0 Å². The minimum atomic E-state index is -4.68. The number of rotatable bonds is 5. The normalized spacial score (nSPS) is 16.8. The summed E-state index contributed by atoms with van der Waals surface area (Å²) in [7, 11) is -4.23. The van der Waals surface area contributed by atoms with Crippen LogP contribution in [0.2, 0.25) is 0 Å². The molecule has 31 heavy (non-hydrogen) atoms. The van der Waals surface area contributed by atoms with Crippen LogP contribution in [-0.4, -0.2) is 29.1 Å². The number of halogens is 3. The van der Waals surface area contributed by atoms with Gasteiger partial charge >= 0.3 is 6.18 Å². The highest BCUT2D eigenvalue weighted by Crippen LogP contribution is 2.36. The summed E-state index contributed by atoms with van der Waals surface area (Å²) < 4.78 is 68.0. The standard InChI is InChI=1S/C21H26F3N3O3S/c1-13-14(2)27(16-9-5-4-6-10-16)20(25-13)31(29,30)15(3)19(28)26-18-12-8-7-11-17(18)21(22,23)24/h7-8,11-12,15-16H,4-6,9-10H2,1-3H3,(H,26,28)/t15-/m1/s1. The van der Waals surface area contributed by atoms with E-state index >= 15 is 0 Å². The highest BCUT2D eigenvalue weighted by Gasteiger charge is 2.38. The van der Waals surface area contributed by atoms with E-state index in [9.17, 15) is 26.4 Å². The van der Waals surface area contributed by atoms with Crippen LogP contribution in [0.25, 0.3) is 0 Å². The first-order valence-corrected chi connectivity index (χ1v) is 11.8. The summed E-state index contributed by atoms with van der Waals surface area (Å²) in [5.41, 5.74) is -0.243. The van der Waals surface area contributed by atoms with Gasteiger partial charge in [-0.1, -0.05) is 31.4 Å². The molecule has 1 heterocycles. The van der Waals surface area contributed by atoms with Crippen LogP contribution in [0.5, 0.6) is 0 Å². The zero-order valence-electron chi connectivity index (χ0n) is 17.7. The molecule has 1 fully saturated rings. The van der Waals surface area contributed by atoms with Crippen molar-refractivity contribution in [2.75, 3.05) is 5.32 Å². The second-order valence-electron chi connectivity index (χ2n) is 7.95. The molecule has 0 bridgehead atoms. The largest absolute Gasteiger partial charge is 0.418 e. The molecule has 0 radical (unpaired) electrons. The van der Waals surface area contributed by atoms with Gasteiger partial charge in [-0.3, -0.25) is 4.79 Å². The molecule has 3 rings (SSSR count). The molecule has 0 aliphatic heterocycles. The summed E-state index contributed by atoms with van der Waals surface area (Å²) in [6.45, 7) is 4.67. The van der Waals surface area contributed by atoms with E-state index in [4.69, 9.17) is 0 Å². The lowest BCUT2D eigenvalue weighted by Gasteiger charge is -2.26. The SMILES string of the molecule is Cc1nc(S(=O)(=O)[C@H](C)C(=O)Nc2ccccc2C(F)(F)F)n(C2CCCCC2)c1C. The Bertz CT molecular complexity index is 1070. The van der Waals surface area contributed by atoms with Crippen molar-refractivity contribution in [3.63, 3.8) is 0 Å². The zero-order valence-corrected chi connectivity index (χ0v) is 18.5. The molecule has 1 aromatic heterocycles. The number of aromatic nitrogens is 2. The Hall–Kier alpha value is -2.36. The van der Waals surface area contributed by atoms with Crippen LogP contribution in [0, 0.1) is 13.8 Å². The minimum absolute atomic E-state index is 0.0269. The van der Waals surface area contributed by atoms with E-state index in [0.29, 0.717) is 5.69 Å². The molecule has 170 valence electrons.